The second-order valence-corrected chi connectivity index (χ2v) is 10.9. The van der Waals surface area contributed by atoms with Crippen LogP contribution in [-0.4, -0.2) is 38.8 Å². The highest BCUT2D eigenvalue weighted by molar-refractivity contribution is 14.1. The predicted octanol–water partition coefficient (Wildman–Crippen LogP) is 4.46. The van der Waals surface area contributed by atoms with Gasteiger partial charge in [-0.05, 0) is 83.3 Å². The van der Waals surface area contributed by atoms with E-state index < -0.39 is 15.9 Å². The fourth-order valence-corrected chi connectivity index (χ4v) is 5.62. The zero-order valence-electron chi connectivity index (χ0n) is 17.4. The first kappa shape index (κ1) is 23.0. The summed E-state index contributed by atoms with van der Waals surface area (Å²) in [5.41, 5.74) is 1.64. The van der Waals surface area contributed by atoms with Crippen LogP contribution < -0.4 is 10.1 Å². The summed E-state index contributed by atoms with van der Waals surface area (Å²) in [4.78, 5) is 12.9. The van der Waals surface area contributed by atoms with Crippen molar-refractivity contribution < 1.29 is 17.9 Å². The van der Waals surface area contributed by atoms with Crippen LogP contribution in [0.25, 0.3) is 0 Å². The number of carbonyl (C=O) groups excluding carboxylic acids is 1. The molecule has 0 bridgehead atoms. The molecule has 2 aromatic carbocycles. The number of hydrogen-bond acceptors (Lipinski definition) is 4. The highest BCUT2D eigenvalue weighted by atomic mass is 127. The molecule has 162 valence electrons. The number of amides is 1. The minimum Gasteiger partial charge on any atom is -0.495 e. The number of ether oxygens (including phenoxy) is 1. The minimum atomic E-state index is -3.78. The average Bonchev–Trinajstić information content (AvgIpc) is 2.74. The molecule has 0 saturated carbocycles. The Morgan fingerprint density at radius 1 is 1.20 bits per heavy atom. The van der Waals surface area contributed by atoms with Gasteiger partial charge in [0.2, 0.25) is 15.9 Å². The Hall–Kier alpha value is -1.65. The second-order valence-electron chi connectivity index (χ2n) is 7.76. The van der Waals surface area contributed by atoms with Crippen LogP contribution in [0.4, 0.5) is 5.69 Å². The van der Waals surface area contributed by atoms with Crippen LogP contribution in [0.2, 0.25) is 0 Å². The Labute approximate surface area is 192 Å². The van der Waals surface area contributed by atoms with E-state index in [0.717, 1.165) is 9.13 Å². The van der Waals surface area contributed by atoms with Crippen LogP contribution in [-0.2, 0) is 14.8 Å². The Kier molecular flexibility index (Phi) is 7.41. The number of hydrogen-bond donors (Lipinski definition) is 1. The molecule has 1 saturated heterocycles. The predicted molar refractivity (Wildman–Crippen MR) is 126 cm³/mol. The SMILES string of the molecule is COc1ccc(C(C)C)cc1S(=O)(=O)N1CCC[C@@H](C(=O)Nc2ccc(I)cc2)C1. The van der Waals surface area contributed by atoms with Gasteiger partial charge in [-0.15, -0.1) is 0 Å². The number of piperidine rings is 1. The van der Waals surface area contributed by atoms with Crippen LogP contribution in [0.5, 0.6) is 5.75 Å². The lowest BCUT2D eigenvalue weighted by atomic mass is 9.99. The summed E-state index contributed by atoms with van der Waals surface area (Å²) < 4.78 is 34.7. The number of nitrogens with one attached hydrogen (secondary N) is 1. The summed E-state index contributed by atoms with van der Waals surface area (Å²) in [5.74, 6) is -0.0328. The lowest BCUT2D eigenvalue weighted by Gasteiger charge is -2.31. The Morgan fingerprint density at radius 2 is 1.90 bits per heavy atom. The lowest BCUT2D eigenvalue weighted by molar-refractivity contribution is -0.120. The number of methoxy groups -OCH3 is 1. The molecule has 0 spiro atoms. The highest BCUT2D eigenvalue weighted by Gasteiger charge is 2.35. The molecule has 1 aliphatic rings. The highest BCUT2D eigenvalue weighted by Crippen LogP contribution is 2.32. The summed E-state index contributed by atoms with van der Waals surface area (Å²) in [7, 11) is -2.31. The first-order chi connectivity index (χ1) is 14.2. The lowest BCUT2D eigenvalue weighted by Crippen LogP contribution is -2.43. The maximum atomic E-state index is 13.4. The number of carbonyl (C=O) groups is 1. The molecular formula is C22H27IN2O4S. The van der Waals surface area contributed by atoms with E-state index in [9.17, 15) is 13.2 Å². The van der Waals surface area contributed by atoms with Gasteiger partial charge in [-0.3, -0.25) is 4.79 Å². The average molecular weight is 542 g/mol. The van der Waals surface area contributed by atoms with Crippen molar-refractivity contribution in [2.75, 3.05) is 25.5 Å². The van der Waals surface area contributed by atoms with Crippen LogP contribution in [0, 0.1) is 9.49 Å². The molecule has 1 fully saturated rings. The quantitative estimate of drug-likeness (QED) is 0.547. The van der Waals surface area contributed by atoms with E-state index in [-0.39, 0.29) is 23.3 Å². The Morgan fingerprint density at radius 3 is 2.53 bits per heavy atom. The molecule has 1 N–H and O–H groups in total. The smallest absolute Gasteiger partial charge is 0.246 e. The maximum Gasteiger partial charge on any atom is 0.246 e. The molecule has 8 heteroatoms. The van der Waals surface area contributed by atoms with Gasteiger partial charge in [0.15, 0.2) is 0 Å². The minimum absolute atomic E-state index is 0.154. The third-order valence-corrected chi connectivity index (χ3v) is 7.94. The summed E-state index contributed by atoms with van der Waals surface area (Å²) in [6, 6.07) is 12.8. The van der Waals surface area contributed by atoms with Crippen molar-refractivity contribution in [3.8, 4) is 5.75 Å². The van der Waals surface area contributed by atoms with E-state index in [1.54, 1.807) is 12.1 Å². The summed E-state index contributed by atoms with van der Waals surface area (Å²) in [5, 5.41) is 2.91. The molecule has 3 rings (SSSR count). The maximum absolute atomic E-state index is 13.4. The van der Waals surface area contributed by atoms with Crippen molar-refractivity contribution in [3.05, 3.63) is 51.6 Å². The van der Waals surface area contributed by atoms with Gasteiger partial charge >= 0.3 is 0 Å². The molecule has 1 amide bonds. The fourth-order valence-electron chi connectivity index (χ4n) is 3.55. The summed E-state index contributed by atoms with van der Waals surface area (Å²) in [6.07, 6.45) is 1.29. The van der Waals surface area contributed by atoms with Crippen molar-refractivity contribution >= 4 is 44.2 Å². The van der Waals surface area contributed by atoms with E-state index in [4.69, 9.17) is 4.74 Å². The molecular weight excluding hydrogens is 515 g/mol. The Balaban J connectivity index is 1.81. The van der Waals surface area contributed by atoms with Crippen LogP contribution in [0.15, 0.2) is 47.4 Å². The normalized spacial score (nSPS) is 17.7. The largest absolute Gasteiger partial charge is 0.495 e. The first-order valence-corrected chi connectivity index (χ1v) is 12.5. The van der Waals surface area contributed by atoms with E-state index in [1.165, 1.54) is 11.4 Å². The molecule has 0 radical (unpaired) electrons. The van der Waals surface area contributed by atoms with Crippen molar-refractivity contribution in [2.24, 2.45) is 5.92 Å². The number of sulfonamides is 1. The van der Waals surface area contributed by atoms with Gasteiger partial charge < -0.3 is 10.1 Å². The van der Waals surface area contributed by atoms with Crippen molar-refractivity contribution in [1.29, 1.82) is 0 Å². The first-order valence-electron chi connectivity index (χ1n) is 9.97. The van der Waals surface area contributed by atoms with Crippen molar-refractivity contribution in [2.45, 2.75) is 37.5 Å². The standard InChI is InChI=1S/C22H27IN2O4S/c1-15(2)16-6-11-20(29-3)21(13-16)30(27,28)25-12-4-5-17(14-25)22(26)24-19-9-7-18(23)8-10-19/h6-11,13,15,17H,4-5,12,14H2,1-3H3,(H,24,26)/t17-/m1/s1. The number of halogens is 1. The van der Waals surface area contributed by atoms with Crippen LogP contribution in [0.1, 0.15) is 38.2 Å². The Bertz CT molecular complexity index is 1010. The number of rotatable bonds is 6. The van der Waals surface area contributed by atoms with Crippen LogP contribution >= 0.6 is 22.6 Å². The molecule has 2 aromatic rings. The van der Waals surface area contributed by atoms with Gasteiger partial charge in [-0.25, -0.2) is 8.42 Å². The van der Waals surface area contributed by atoms with Gasteiger partial charge in [0.05, 0.1) is 13.0 Å². The fraction of sp³-hybridized carbons (Fsp3) is 0.409. The monoisotopic (exact) mass is 542 g/mol. The number of nitrogens with zero attached hydrogens (tertiary/aromatic N) is 1. The third kappa shape index (κ3) is 5.15. The van der Waals surface area contributed by atoms with E-state index in [0.29, 0.717) is 30.8 Å². The topological polar surface area (TPSA) is 75.7 Å². The van der Waals surface area contributed by atoms with E-state index >= 15 is 0 Å². The van der Waals surface area contributed by atoms with Crippen molar-refractivity contribution in [1.82, 2.24) is 4.31 Å². The van der Waals surface area contributed by atoms with E-state index in [2.05, 4.69) is 27.9 Å². The van der Waals surface area contributed by atoms with Gasteiger partial charge in [0.1, 0.15) is 10.6 Å². The number of anilines is 1. The molecule has 6 nitrogen and oxygen atoms in total. The van der Waals surface area contributed by atoms with Gasteiger partial charge in [0, 0.05) is 22.3 Å². The van der Waals surface area contributed by atoms with Gasteiger partial charge in [-0.1, -0.05) is 19.9 Å². The van der Waals surface area contributed by atoms with Gasteiger partial charge in [-0.2, -0.15) is 4.31 Å². The third-order valence-electron chi connectivity index (χ3n) is 5.34. The van der Waals surface area contributed by atoms with Crippen molar-refractivity contribution in [3.63, 3.8) is 0 Å². The zero-order chi connectivity index (χ0) is 21.9. The van der Waals surface area contributed by atoms with E-state index in [1.807, 2.05) is 44.2 Å². The van der Waals surface area contributed by atoms with Gasteiger partial charge in [0.25, 0.3) is 0 Å². The molecule has 30 heavy (non-hydrogen) atoms. The molecule has 0 aromatic heterocycles. The zero-order valence-corrected chi connectivity index (χ0v) is 20.4. The summed E-state index contributed by atoms with van der Waals surface area (Å²) in [6.45, 7) is 4.59. The molecule has 1 heterocycles. The molecule has 1 aliphatic heterocycles. The summed E-state index contributed by atoms with van der Waals surface area (Å²) >= 11 is 2.21. The number of benzene rings is 2. The molecule has 0 unspecified atom stereocenters. The molecule has 1 atom stereocenters. The second kappa shape index (κ2) is 9.65. The molecule has 0 aliphatic carbocycles. The van der Waals surface area contributed by atoms with Crippen LogP contribution in [0.3, 0.4) is 0 Å².